The molecule has 0 bridgehead atoms. The van der Waals surface area contributed by atoms with Crippen molar-refractivity contribution in [3.63, 3.8) is 0 Å². The number of nitrogens with zero attached hydrogens (tertiary/aromatic N) is 4. The third kappa shape index (κ3) is 7.74. The number of benzene rings is 1. The van der Waals surface area contributed by atoms with Crippen molar-refractivity contribution in [3.8, 4) is 11.4 Å². The van der Waals surface area contributed by atoms with E-state index in [0.717, 1.165) is 5.57 Å². The van der Waals surface area contributed by atoms with Crippen molar-refractivity contribution < 1.29 is 33.8 Å². The quantitative estimate of drug-likeness (QED) is 0.467. The van der Waals surface area contributed by atoms with E-state index in [0.29, 0.717) is 29.9 Å². The molecule has 4 rings (SSSR count). The number of ketones is 1. The maximum absolute atomic E-state index is 13.5. The lowest BCUT2D eigenvalue weighted by molar-refractivity contribution is -0.138. The van der Waals surface area contributed by atoms with Gasteiger partial charge in [-0.2, -0.15) is 0 Å². The fraction of sp³-hybridized carbons (Fsp3) is 0.414. The van der Waals surface area contributed by atoms with Crippen LogP contribution in [0.3, 0.4) is 0 Å². The molecule has 2 aromatic rings. The number of piperazine rings is 1. The highest BCUT2D eigenvalue weighted by molar-refractivity contribution is 5.97. The summed E-state index contributed by atoms with van der Waals surface area (Å²) in [5.41, 5.74) is 2.05. The second-order valence-electron chi connectivity index (χ2n) is 9.77. The molecule has 12 heteroatoms. The summed E-state index contributed by atoms with van der Waals surface area (Å²) in [4.78, 5) is 74.2. The van der Waals surface area contributed by atoms with Crippen molar-refractivity contribution in [2.24, 2.45) is 0 Å². The second kappa shape index (κ2) is 13.6. The van der Waals surface area contributed by atoms with E-state index in [4.69, 9.17) is 4.74 Å². The van der Waals surface area contributed by atoms with Gasteiger partial charge in [-0.3, -0.25) is 19.2 Å². The smallest absolute Gasteiger partial charge is 0.409 e. The average Bonchev–Trinajstić information content (AvgIpc) is 2.99. The van der Waals surface area contributed by atoms with Crippen LogP contribution in [0.5, 0.6) is 0 Å². The number of carboxylic acid groups (broad SMARTS) is 1. The summed E-state index contributed by atoms with van der Waals surface area (Å²) in [6, 6.07) is 9.54. The van der Waals surface area contributed by atoms with E-state index in [2.05, 4.69) is 15.3 Å². The number of ether oxygens (including phenoxy) is 1. The van der Waals surface area contributed by atoms with E-state index >= 15 is 0 Å². The largest absolute Gasteiger partial charge is 0.481 e. The Kier molecular flexibility index (Phi) is 9.77. The van der Waals surface area contributed by atoms with Crippen LogP contribution in [0, 0.1) is 0 Å². The maximum Gasteiger partial charge on any atom is 0.409 e. The van der Waals surface area contributed by atoms with Crippen LogP contribution in [0.2, 0.25) is 0 Å². The first-order chi connectivity index (χ1) is 19.7. The number of Topliss-reactive ketones (excluding diaryl/α,β-unsaturated/α-hetero) is 1. The molecule has 1 atom stereocenters. The third-order valence-electron chi connectivity index (χ3n) is 6.94. The standard InChI is InChI=1S/C29H33N5O7/c1-2-41-29(40)34-16-14-33(15-17-34)28(39)22(12-13-25(36)37)32-27(38)24-18-23(19-8-10-21(35)11-9-19)30-26(31-24)20-6-4-3-5-7-20/h3-8,18,22H,2,9-17H2,1H3,(H,32,38)(H,36,37). The zero-order valence-corrected chi connectivity index (χ0v) is 22.9. The molecule has 0 spiro atoms. The predicted molar refractivity (Wildman–Crippen MR) is 148 cm³/mol. The zero-order chi connectivity index (χ0) is 29.4. The number of rotatable bonds is 9. The molecule has 2 heterocycles. The highest BCUT2D eigenvalue weighted by Crippen LogP contribution is 2.26. The molecule has 2 N–H and O–H groups in total. The summed E-state index contributed by atoms with van der Waals surface area (Å²) in [6.45, 7) is 2.92. The summed E-state index contributed by atoms with van der Waals surface area (Å²) >= 11 is 0. The van der Waals surface area contributed by atoms with Crippen LogP contribution in [-0.2, 0) is 19.1 Å². The molecule has 1 aliphatic carbocycles. The maximum atomic E-state index is 13.5. The normalized spacial score (nSPS) is 16.0. The molecular formula is C29H33N5O7. The van der Waals surface area contributed by atoms with Crippen LogP contribution in [0.4, 0.5) is 4.79 Å². The Morgan fingerprint density at radius 1 is 1.02 bits per heavy atom. The first kappa shape index (κ1) is 29.4. The van der Waals surface area contributed by atoms with Gasteiger partial charge in [-0.25, -0.2) is 14.8 Å². The van der Waals surface area contributed by atoms with Crippen LogP contribution in [0.15, 0.2) is 42.5 Å². The van der Waals surface area contributed by atoms with Gasteiger partial charge < -0.3 is 25.0 Å². The highest BCUT2D eigenvalue weighted by atomic mass is 16.6. The van der Waals surface area contributed by atoms with Gasteiger partial charge in [0, 0.05) is 51.0 Å². The third-order valence-corrected chi connectivity index (χ3v) is 6.94. The number of carbonyl (C=O) groups excluding carboxylic acids is 4. The van der Waals surface area contributed by atoms with Gasteiger partial charge in [0.15, 0.2) is 5.82 Å². The molecule has 1 aliphatic heterocycles. The highest BCUT2D eigenvalue weighted by Gasteiger charge is 2.31. The van der Waals surface area contributed by atoms with Gasteiger partial charge in [0.2, 0.25) is 5.91 Å². The summed E-state index contributed by atoms with van der Waals surface area (Å²) in [5.74, 6) is -1.73. The van der Waals surface area contributed by atoms with E-state index in [-0.39, 0.29) is 63.5 Å². The minimum atomic E-state index is -1.11. The number of carboxylic acids is 1. The van der Waals surface area contributed by atoms with Crippen LogP contribution in [-0.4, -0.2) is 93.4 Å². The van der Waals surface area contributed by atoms with Crippen LogP contribution >= 0.6 is 0 Å². The number of nitrogens with one attached hydrogen (secondary N) is 1. The number of carbonyl (C=O) groups is 5. The molecule has 1 saturated heterocycles. The van der Waals surface area contributed by atoms with Crippen molar-refractivity contribution >= 4 is 35.2 Å². The summed E-state index contributed by atoms with van der Waals surface area (Å²) in [7, 11) is 0. The Hall–Kier alpha value is -4.61. The molecule has 12 nitrogen and oxygen atoms in total. The number of aliphatic carboxylic acids is 1. The van der Waals surface area contributed by atoms with Crippen molar-refractivity contribution in [2.75, 3.05) is 32.8 Å². The molecule has 1 aromatic carbocycles. The summed E-state index contributed by atoms with van der Waals surface area (Å²) in [5, 5.41) is 12.0. The van der Waals surface area contributed by atoms with Crippen LogP contribution < -0.4 is 5.32 Å². The number of hydrogen-bond donors (Lipinski definition) is 2. The summed E-state index contributed by atoms with van der Waals surface area (Å²) < 4.78 is 5.02. The van der Waals surface area contributed by atoms with Crippen molar-refractivity contribution in [1.82, 2.24) is 25.1 Å². The predicted octanol–water partition coefficient (Wildman–Crippen LogP) is 2.54. The van der Waals surface area contributed by atoms with Gasteiger partial charge in [0.1, 0.15) is 17.5 Å². The Balaban J connectivity index is 1.56. The molecule has 2 aliphatic rings. The molecular weight excluding hydrogens is 530 g/mol. The lowest BCUT2D eigenvalue weighted by atomic mass is 9.95. The first-order valence-corrected chi connectivity index (χ1v) is 13.6. The Labute approximate surface area is 237 Å². The van der Waals surface area contributed by atoms with Gasteiger partial charge in [-0.05, 0) is 31.4 Å². The fourth-order valence-electron chi connectivity index (χ4n) is 4.69. The lowest BCUT2D eigenvalue weighted by Gasteiger charge is -2.35. The van der Waals surface area contributed by atoms with Gasteiger partial charge in [0.05, 0.1) is 12.3 Å². The SMILES string of the molecule is CCOC(=O)N1CCN(C(=O)C(CCC(=O)O)NC(=O)c2cc(C3=CCC(=O)CC3)nc(-c3ccccc3)n2)CC1. The number of hydrogen-bond acceptors (Lipinski definition) is 8. The Morgan fingerprint density at radius 2 is 1.73 bits per heavy atom. The minimum absolute atomic E-state index is 0.0203. The van der Waals surface area contributed by atoms with Crippen molar-refractivity contribution in [1.29, 1.82) is 0 Å². The molecule has 41 heavy (non-hydrogen) atoms. The van der Waals surface area contributed by atoms with E-state index < -0.39 is 29.9 Å². The summed E-state index contributed by atoms with van der Waals surface area (Å²) in [6.07, 6.45) is 2.06. The molecule has 1 aromatic heterocycles. The number of aromatic nitrogens is 2. The Morgan fingerprint density at radius 3 is 2.37 bits per heavy atom. The molecule has 0 saturated carbocycles. The fourth-order valence-corrected chi connectivity index (χ4v) is 4.69. The number of allylic oxidation sites excluding steroid dienone is 2. The second-order valence-corrected chi connectivity index (χ2v) is 9.77. The van der Waals surface area contributed by atoms with Gasteiger partial charge in [-0.1, -0.05) is 36.4 Å². The van der Waals surface area contributed by atoms with Gasteiger partial charge >= 0.3 is 12.1 Å². The average molecular weight is 564 g/mol. The topological polar surface area (TPSA) is 159 Å². The Bertz CT molecular complexity index is 1340. The minimum Gasteiger partial charge on any atom is -0.481 e. The van der Waals surface area contributed by atoms with E-state index in [1.54, 1.807) is 13.0 Å². The monoisotopic (exact) mass is 563 g/mol. The molecule has 1 unspecified atom stereocenters. The lowest BCUT2D eigenvalue weighted by Crippen LogP contribution is -2.56. The van der Waals surface area contributed by atoms with Crippen LogP contribution in [0.25, 0.3) is 17.0 Å². The molecule has 3 amide bonds. The zero-order valence-electron chi connectivity index (χ0n) is 22.9. The van der Waals surface area contributed by atoms with Gasteiger partial charge in [-0.15, -0.1) is 0 Å². The van der Waals surface area contributed by atoms with E-state index in [1.165, 1.54) is 15.9 Å². The number of amides is 3. The van der Waals surface area contributed by atoms with E-state index in [9.17, 15) is 29.1 Å². The first-order valence-electron chi connectivity index (χ1n) is 13.6. The van der Waals surface area contributed by atoms with E-state index in [1.807, 2.05) is 30.3 Å². The molecule has 1 fully saturated rings. The van der Waals surface area contributed by atoms with Crippen LogP contribution in [0.1, 0.15) is 55.2 Å². The van der Waals surface area contributed by atoms with Gasteiger partial charge in [0.25, 0.3) is 5.91 Å². The molecule has 216 valence electrons. The molecule has 0 radical (unpaired) electrons. The van der Waals surface area contributed by atoms with Crippen molar-refractivity contribution in [2.45, 2.75) is 45.1 Å². The van der Waals surface area contributed by atoms with Crippen molar-refractivity contribution in [3.05, 3.63) is 53.9 Å².